The van der Waals surface area contributed by atoms with Crippen molar-refractivity contribution in [3.63, 3.8) is 0 Å². The number of anilines is 1. The molecule has 2 rings (SSSR count). The second-order valence-corrected chi connectivity index (χ2v) is 3.85. The van der Waals surface area contributed by atoms with Crippen LogP contribution in [-0.4, -0.2) is 34.6 Å². The number of H-pyrrole nitrogens is 1. The molecule has 0 saturated carbocycles. The molecule has 1 aromatic heterocycles. The summed E-state index contributed by atoms with van der Waals surface area (Å²) in [4.78, 5) is 24.1. The smallest absolute Gasteiger partial charge is 0.240 e. The van der Waals surface area contributed by atoms with Crippen LogP contribution in [0.1, 0.15) is 6.42 Å². The zero-order chi connectivity index (χ0) is 11.7. The fraction of sp³-hybridized carbons (Fsp3) is 0.444. The van der Waals surface area contributed by atoms with Crippen molar-refractivity contribution in [2.24, 2.45) is 17.4 Å². The highest BCUT2D eigenvalue weighted by Gasteiger charge is 2.38. The number of aromatic nitrogens is 2. The normalized spacial score (nSPS) is 24.6. The van der Waals surface area contributed by atoms with Crippen molar-refractivity contribution in [1.82, 2.24) is 10.2 Å². The molecule has 1 saturated heterocycles. The van der Waals surface area contributed by atoms with Crippen LogP contribution >= 0.6 is 0 Å². The molecule has 5 N–H and O–H groups in total. The number of nitrogens with zero attached hydrogens (tertiary/aromatic N) is 2. The van der Waals surface area contributed by atoms with Gasteiger partial charge in [0.25, 0.3) is 0 Å². The molecule has 2 heterocycles. The maximum atomic E-state index is 11.3. The fourth-order valence-electron chi connectivity index (χ4n) is 1.99. The van der Waals surface area contributed by atoms with E-state index in [1.165, 1.54) is 0 Å². The van der Waals surface area contributed by atoms with E-state index in [1.807, 2.05) is 0 Å². The Kier molecular flexibility index (Phi) is 2.51. The highest BCUT2D eigenvalue weighted by atomic mass is 16.2. The minimum atomic E-state index is -0.502. The monoisotopic (exact) mass is 223 g/mol. The quantitative estimate of drug-likeness (QED) is 0.582. The average molecular weight is 223 g/mol. The molecule has 2 unspecified atom stereocenters. The predicted molar refractivity (Wildman–Crippen MR) is 56.2 cm³/mol. The zero-order valence-corrected chi connectivity index (χ0v) is 8.59. The summed E-state index contributed by atoms with van der Waals surface area (Å²) in [5.41, 5.74) is 10.5. The van der Waals surface area contributed by atoms with Crippen molar-refractivity contribution in [2.75, 3.05) is 11.4 Å². The number of hydrogen-bond donors (Lipinski definition) is 3. The number of nitrogens with two attached hydrogens (primary N) is 2. The molecule has 2 amide bonds. The van der Waals surface area contributed by atoms with E-state index in [0.717, 1.165) is 0 Å². The molecule has 1 aliphatic rings. The second kappa shape index (κ2) is 3.84. The van der Waals surface area contributed by atoms with Crippen molar-refractivity contribution in [1.29, 1.82) is 0 Å². The average Bonchev–Trinajstić information content (AvgIpc) is 2.86. The number of carbonyl (C=O) groups is 2. The third kappa shape index (κ3) is 1.71. The molecule has 0 aromatic carbocycles. The molecule has 7 nitrogen and oxygen atoms in total. The van der Waals surface area contributed by atoms with Gasteiger partial charge in [-0.15, -0.1) is 0 Å². The van der Waals surface area contributed by atoms with Gasteiger partial charge in [-0.3, -0.25) is 14.7 Å². The van der Waals surface area contributed by atoms with Gasteiger partial charge in [-0.1, -0.05) is 0 Å². The molecule has 0 aliphatic carbocycles. The molecule has 86 valence electrons. The van der Waals surface area contributed by atoms with Gasteiger partial charge in [-0.05, 0) is 6.42 Å². The highest BCUT2D eigenvalue weighted by Crippen LogP contribution is 2.27. The summed E-state index contributed by atoms with van der Waals surface area (Å²) in [7, 11) is 0. The van der Waals surface area contributed by atoms with Gasteiger partial charge in [0.1, 0.15) is 11.9 Å². The largest absolute Gasteiger partial charge is 0.369 e. The first-order valence-electron chi connectivity index (χ1n) is 4.94. The standard InChI is InChI=1S/C9H13N5O2/c10-8(15)5-3-6(9(11)16)14(4-5)7-1-2-12-13-7/h1-2,5-6H,3-4H2,(H2,10,15)(H2,11,16)(H,12,13). The minimum Gasteiger partial charge on any atom is -0.369 e. The van der Waals surface area contributed by atoms with Crippen LogP contribution in [0.5, 0.6) is 0 Å². The summed E-state index contributed by atoms with van der Waals surface area (Å²) >= 11 is 0. The molecule has 7 heteroatoms. The third-order valence-corrected chi connectivity index (χ3v) is 2.83. The number of nitrogens with one attached hydrogen (secondary N) is 1. The maximum Gasteiger partial charge on any atom is 0.240 e. The van der Waals surface area contributed by atoms with Crippen LogP contribution in [0.2, 0.25) is 0 Å². The maximum absolute atomic E-state index is 11.3. The fourth-order valence-corrected chi connectivity index (χ4v) is 1.99. The zero-order valence-electron chi connectivity index (χ0n) is 8.59. The molecule has 0 spiro atoms. The summed E-state index contributed by atoms with van der Waals surface area (Å²) < 4.78 is 0. The van der Waals surface area contributed by atoms with Crippen LogP contribution in [0, 0.1) is 5.92 Å². The summed E-state index contributed by atoms with van der Waals surface area (Å²) in [6.07, 6.45) is 1.94. The van der Waals surface area contributed by atoms with Crippen LogP contribution < -0.4 is 16.4 Å². The van der Waals surface area contributed by atoms with Gasteiger partial charge in [0, 0.05) is 12.6 Å². The molecular formula is C9H13N5O2. The molecule has 1 fully saturated rings. The lowest BCUT2D eigenvalue weighted by Gasteiger charge is -2.21. The van der Waals surface area contributed by atoms with Gasteiger partial charge in [0.05, 0.1) is 12.1 Å². The molecule has 1 aromatic rings. The van der Waals surface area contributed by atoms with Crippen molar-refractivity contribution in [3.8, 4) is 0 Å². The lowest BCUT2D eigenvalue weighted by Crippen LogP contribution is -2.40. The molecule has 1 aliphatic heterocycles. The highest BCUT2D eigenvalue weighted by molar-refractivity contribution is 5.87. The third-order valence-electron chi connectivity index (χ3n) is 2.83. The summed E-state index contributed by atoms with van der Waals surface area (Å²) in [6.45, 7) is 0.394. The van der Waals surface area contributed by atoms with Crippen LogP contribution in [-0.2, 0) is 9.59 Å². The van der Waals surface area contributed by atoms with E-state index in [1.54, 1.807) is 17.2 Å². The Hall–Kier alpha value is -2.05. The van der Waals surface area contributed by atoms with Gasteiger partial charge in [-0.25, -0.2) is 0 Å². The van der Waals surface area contributed by atoms with E-state index >= 15 is 0 Å². The first-order valence-corrected chi connectivity index (χ1v) is 4.94. The van der Waals surface area contributed by atoms with E-state index in [0.29, 0.717) is 18.8 Å². The molecule has 2 atom stereocenters. The number of aromatic amines is 1. The van der Waals surface area contributed by atoms with E-state index in [-0.39, 0.29) is 5.92 Å². The van der Waals surface area contributed by atoms with Crippen molar-refractivity contribution in [3.05, 3.63) is 12.3 Å². The van der Waals surface area contributed by atoms with Crippen LogP contribution in [0.4, 0.5) is 5.82 Å². The van der Waals surface area contributed by atoms with Crippen molar-refractivity contribution in [2.45, 2.75) is 12.5 Å². The van der Waals surface area contributed by atoms with E-state index in [9.17, 15) is 9.59 Å². The van der Waals surface area contributed by atoms with Gasteiger partial charge in [-0.2, -0.15) is 5.10 Å². The van der Waals surface area contributed by atoms with Crippen LogP contribution in [0.25, 0.3) is 0 Å². The Bertz CT molecular complexity index is 402. The van der Waals surface area contributed by atoms with E-state index in [2.05, 4.69) is 10.2 Å². The number of primary amides is 2. The summed E-state index contributed by atoms with van der Waals surface area (Å²) in [5, 5.41) is 6.53. The van der Waals surface area contributed by atoms with E-state index in [4.69, 9.17) is 11.5 Å². The Morgan fingerprint density at radius 2 is 2.19 bits per heavy atom. The molecule has 0 bridgehead atoms. The van der Waals surface area contributed by atoms with Crippen molar-refractivity contribution < 1.29 is 9.59 Å². The topological polar surface area (TPSA) is 118 Å². The second-order valence-electron chi connectivity index (χ2n) is 3.85. The number of rotatable bonds is 3. The van der Waals surface area contributed by atoms with Crippen molar-refractivity contribution >= 4 is 17.6 Å². The first-order chi connectivity index (χ1) is 7.59. The lowest BCUT2D eigenvalue weighted by atomic mass is 10.1. The molecular weight excluding hydrogens is 210 g/mol. The van der Waals surface area contributed by atoms with Gasteiger partial charge in [0.2, 0.25) is 11.8 Å². The van der Waals surface area contributed by atoms with Gasteiger partial charge < -0.3 is 16.4 Å². The Labute approximate surface area is 91.8 Å². The summed E-state index contributed by atoms with van der Waals surface area (Å²) in [5.74, 6) is -0.542. The number of hydrogen-bond acceptors (Lipinski definition) is 4. The van der Waals surface area contributed by atoms with Crippen LogP contribution in [0.3, 0.4) is 0 Å². The SMILES string of the molecule is NC(=O)C1CC(C(N)=O)N(c2ccn[nH]2)C1. The Balaban J connectivity index is 2.23. The van der Waals surface area contributed by atoms with Gasteiger partial charge >= 0.3 is 0 Å². The van der Waals surface area contributed by atoms with Crippen LogP contribution in [0.15, 0.2) is 12.3 Å². The van der Waals surface area contributed by atoms with Gasteiger partial charge in [0.15, 0.2) is 0 Å². The Morgan fingerprint density at radius 1 is 1.44 bits per heavy atom. The lowest BCUT2D eigenvalue weighted by molar-refractivity contribution is -0.121. The summed E-state index contributed by atoms with van der Waals surface area (Å²) in [6, 6.07) is 1.22. The molecule has 16 heavy (non-hydrogen) atoms. The Morgan fingerprint density at radius 3 is 2.69 bits per heavy atom. The van der Waals surface area contributed by atoms with E-state index < -0.39 is 17.9 Å². The first kappa shape index (κ1) is 10.5. The molecule has 0 radical (unpaired) electrons. The minimum absolute atomic E-state index is 0.346. The number of carbonyl (C=O) groups excluding carboxylic acids is 2. The predicted octanol–water partition coefficient (Wildman–Crippen LogP) is -1.42. The number of amides is 2.